The van der Waals surface area contributed by atoms with E-state index in [1.807, 2.05) is 27.7 Å². The van der Waals surface area contributed by atoms with Gasteiger partial charge in [0.25, 0.3) is 0 Å². The normalized spacial score (nSPS) is 16.9. The van der Waals surface area contributed by atoms with E-state index in [-0.39, 0.29) is 6.04 Å². The van der Waals surface area contributed by atoms with Crippen LogP contribution < -0.4 is 0 Å². The molecule has 0 rings (SSSR count). The van der Waals surface area contributed by atoms with Gasteiger partial charge in [0.05, 0.1) is 0 Å². The number of hydrogen-bond acceptors (Lipinski definition) is 1. The Bertz CT molecular complexity index is 150. The molecule has 12 heavy (non-hydrogen) atoms. The van der Waals surface area contributed by atoms with Crippen molar-refractivity contribution in [3.05, 3.63) is 0 Å². The van der Waals surface area contributed by atoms with Crippen molar-refractivity contribution < 1.29 is 8.76 Å². The van der Waals surface area contributed by atoms with E-state index in [1.165, 1.54) is 0 Å². The lowest BCUT2D eigenvalue weighted by Gasteiger charge is -2.25. The average molecular weight is 193 g/mol. The van der Waals surface area contributed by atoms with Gasteiger partial charge >= 0.3 is 0 Å². The molecule has 0 heterocycles. The quantitative estimate of drug-likeness (QED) is 0.677. The Balaban J connectivity index is 4.13. The van der Waals surface area contributed by atoms with Crippen LogP contribution in [0.1, 0.15) is 34.1 Å². The van der Waals surface area contributed by atoms with Crippen LogP contribution in [0.25, 0.3) is 0 Å². The molecule has 4 heteroatoms. The van der Waals surface area contributed by atoms with Gasteiger partial charge in [-0.1, -0.05) is 20.8 Å². The highest BCUT2D eigenvalue weighted by Crippen LogP contribution is 2.08. The van der Waals surface area contributed by atoms with Crippen molar-refractivity contribution in [2.45, 2.75) is 40.2 Å². The summed E-state index contributed by atoms with van der Waals surface area (Å²) in [7, 11) is 0. The van der Waals surface area contributed by atoms with Crippen molar-refractivity contribution in [2.24, 2.45) is 5.92 Å². The SMILES string of the molecule is CCC(C)N(CC(C)C)S(=O)O. The maximum Gasteiger partial charge on any atom is 0.234 e. The molecule has 1 N–H and O–H groups in total. The van der Waals surface area contributed by atoms with Crippen LogP contribution in [0, 0.1) is 5.92 Å². The van der Waals surface area contributed by atoms with Crippen LogP contribution in [-0.2, 0) is 11.3 Å². The third kappa shape index (κ3) is 4.18. The highest BCUT2D eigenvalue weighted by molar-refractivity contribution is 7.76. The van der Waals surface area contributed by atoms with Gasteiger partial charge in [-0.05, 0) is 19.3 Å². The summed E-state index contributed by atoms with van der Waals surface area (Å²) >= 11 is -1.82. The van der Waals surface area contributed by atoms with Crippen LogP contribution in [0.3, 0.4) is 0 Å². The first-order chi connectivity index (χ1) is 5.49. The smallest absolute Gasteiger partial charge is 0.234 e. The average Bonchev–Trinajstić information content (AvgIpc) is 1.98. The Labute approximate surface area is 77.6 Å². The highest BCUT2D eigenvalue weighted by atomic mass is 32.2. The predicted molar refractivity (Wildman–Crippen MR) is 52.1 cm³/mol. The van der Waals surface area contributed by atoms with E-state index in [1.54, 1.807) is 4.31 Å². The summed E-state index contributed by atoms with van der Waals surface area (Å²) in [5, 5.41) is 0. The Kier molecular flexibility index (Phi) is 5.70. The van der Waals surface area contributed by atoms with Gasteiger partial charge in [0.2, 0.25) is 11.3 Å². The summed E-state index contributed by atoms with van der Waals surface area (Å²) in [6.45, 7) is 8.75. The minimum Gasteiger partial charge on any atom is -0.294 e. The van der Waals surface area contributed by atoms with E-state index in [0.717, 1.165) is 6.42 Å². The number of hydrogen-bond donors (Lipinski definition) is 1. The predicted octanol–water partition coefficient (Wildman–Crippen LogP) is 1.88. The van der Waals surface area contributed by atoms with E-state index < -0.39 is 11.3 Å². The Morgan fingerprint density at radius 3 is 2.17 bits per heavy atom. The van der Waals surface area contributed by atoms with Gasteiger partial charge in [-0.3, -0.25) is 4.55 Å². The molecule has 2 atom stereocenters. The molecule has 74 valence electrons. The van der Waals surface area contributed by atoms with Gasteiger partial charge in [0.15, 0.2) is 0 Å². The minimum absolute atomic E-state index is 0.179. The van der Waals surface area contributed by atoms with Crippen molar-refractivity contribution >= 4 is 11.3 Å². The fourth-order valence-corrected chi connectivity index (χ4v) is 1.84. The fourth-order valence-electron chi connectivity index (χ4n) is 0.961. The lowest BCUT2D eigenvalue weighted by Crippen LogP contribution is -2.36. The molecule has 2 unspecified atom stereocenters. The van der Waals surface area contributed by atoms with Crippen molar-refractivity contribution in [1.29, 1.82) is 0 Å². The second kappa shape index (κ2) is 5.67. The monoisotopic (exact) mass is 193 g/mol. The number of nitrogens with zero attached hydrogens (tertiary/aromatic N) is 1. The van der Waals surface area contributed by atoms with E-state index in [0.29, 0.717) is 12.5 Å². The highest BCUT2D eigenvalue weighted by Gasteiger charge is 2.17. The molecule has 0 fully saturated rings. The Morgan fingerprint density at radius 2 is 1.92 bits per heavy atom. The molecule has 0 saturated carbocycles. The third-order valence-electron chi connectivity index (χ3n) is 1.83. The second-order valence-corrected chi connectivity index (χ2v) is 4.41. The molecule has 0 aromatic carbocycles. The molecule has 0 spiro atoms. The van der Waals surface area contributed by atoms with Gasteiger partial charge < -0.3 is 0 Å². The van der Waals surface area contributed by atoms with E-state index in [9.17, 15) is 4.21 Å². The molecule has 0 radical (unpaired) electrons. The summed E-state index contributed by atoms with van der Waals surface area (Å²) in [5.41, 5.74) is 0. The second-order valence-electron chi connectivity index (χ2n) is 3.48. The van der Waals surface area contributed by atoms with Crippen LogP contribution in [-0.4, -0.2) is 25.7 Å². The molecule has 3 nitrogen and oxygen atoms in total. The zero-order valence-electron chi connectivity index (χ0n) is 8.28. The van der Waals surface area contributed by atoms with Crippen molar-refractivity contribution in [3.63, 3.8) is 0 Å². The summed E-state index contributed by atoms with van der Waals surface area (Å²) < 4.78 is 21.4. The molecule has 0 bridgehead atoms. The fraction of sp³-hybridized carbons (Fsp3) is 1.00. The van der Waals surface area contributed by atoms with Crippen LogP contribution in [0.4, 0.5) is 0 Å². The largest absolute Gasteiger partial charge is 0.294 e. The molecule has 0 aromatic rings. The lowest BCUT2D eigenvalue weighted by molar-refractivity contribution is 0.292. The van der Waals surface area contributed by atoms with Crippen molar-refractivity contribution in [1.82, 2.24) is 4.31 Å². The summed E-state index contributed by atoms with van der Waals surface area (Å²) in [5.74, 6) is 0.426. The van der Waals surface area contributed by atoms with E-state index in [4.69, 9.17) is 4.55 Å². The zero-order valence-corrected chi connectivity index (χ0v) is 9.10. The molecule has 0 aliphatic heterocycles. The Hall–Kier alpha value is 0.0700. The molecule has 0 amide bonds. The first-order valence-electron chi connectivity index (χ1n) is 4.36. The molecule has 0 aliphatic rings. The van der Waals surface area contributed by atoms with Crippen molar-refractivity contribution in [2.75, 3.05) is 6.54 Å². The first kappa shape index (κ1) is 12.1. The van der Waals surface area contributed by atoms with Crippen molar-refractivity contribution in [3.8, 4) is 0 Å². The van der Waals surface area contributed by atoms with Crippen LogP contribution in [0.15, 0.2) is 0 Å². The Morgan fingerprint density at radius 1 is 1.42 bits per heavy atom. The zero-order chi connectivity index (χ0) is 9.72. The first-order valence-corrected chi connectivity index (χ1v) is 5.43. The van der Waals surface area contributed by atoms with Gasteiger partial charge in [-0.2, -0.15) is 4.31 Å². The van der Waals surface area contributed by atoms with Crippen LogP contribution in [0.2, 0.25) is 0 Å². The van der Waals surface area contributed by atoms with Gasteiger partial charge in [-0.15, -0.1) is 0 Å². The summed E-state index contributed by atoms with van der Waals surface area (Å²) in [6.07, 6.45) is 0.902. The van der Waals surface area contributed by atoms with Crippen LogP contribution >= 0.6 is 0 Å². The maximum absolute atomic E-state index is 10.9. The van der Waals surface area contributed by atoms with Crippen LogP contribution in [0.5, 0.6) is 0 Å². The van der Waals surface area contributed by atoms with Gasteiger partial charge in [0.1, 0.15) is 0 Å². The molecule has 0 aliphatic carbocycles. The summed E-state index contributed by atoms with van der Waals surface area (Å²) in [4.78, 5) is 0. The maximum atomic E-state index is 10.9. The number of rotatable bonds is 5. The topological polar surface area (TPSA) is 40.5 Å². The molecule has 0 aromatic heterocycles. The summed E-state index contributed by atoms with van der Waals surface area (Å²) in [6, 6.07) is 0.179. The molecule has 0 saturated heterocycles. The van der Waals surface area contributed by atoms with E-state index in [2.05, 4.69) is 0 Å². The lowest BCUT2D eigenvalue weighted by atomic mass is 10.2. The standard InChI is InChI=1S/C8H19NO2S/c1-5-8(4)9(12(10)11)6-7(2)3/h7-8H,5-6H2,1-4H3,(H,10,11). The minimum atomic E-state index is -1.82. The van der Waals surface area contributed by atoms with E-state index >= 15 is 0 Å². The molecular formula is C8H19NO2S. The van der Waals surface area contributed by atoms with Gasteiger partial charge in [0, 0.05) is 12.6 Å². The van der Waals surface area contributed by atoms with Gasteiger partial charge in [-0.25, -0.2) is 4.21 Å². The third-order valence-corrected chi connectivity index (χ3v) is 2.74. The molecular weight excluding hydrogens is 174 g/mol.